The summed E-state index contributed by atoms with van der Waals surface area (Å²) in [6.45, 7) is 0. The summed E-state index contributed by atoms with van der Waals surface area (Å²) in [4.78, 5) is 6.50. The molecule has 0 atom stereocenters. The number of benzene rings is 1. The number of halogens is 2. The average molecular weight is 330 g/mol. The SMILES string of the molecule is CN(C)c1ccc2c(Br)cc(Br)nc2c1. The molecule has 1 heterocycles. The largest absolute Gasteiger partial charge is 0.378 e. The second-order valence-corrected chi connectivity index (χ2v) is 5.19. The fourth-order valence-electron chi connectivity index (χ4n) is 1.42. The molecule has 0 aliphatic carbocycles. The van der Waals surface area contributed by atoms with Crippen LogP contribution >= 0.6 is 31.9 Å². The molecule has 0 N–H and O–H groups in total. The van der Waals surface area contributed by atoms with E-state index in [1.54, 1.807) is 0 Å². The first kappa shape index (κ1) is 10.9. The molecule has 0 spiro atoms. The maximum atomic E-state index is 4.44. The van der Waals surface area contributed by atoms with Crippen LogP contribution in [0.15, 0.2) is 33.3 Å². The maximum absolute atomic E-state index is 4.44. The zero-order chi connectivity index (χ0) is 11.0. The van der Waals surface area contributed by atoms with Gasteiger partial charge in [0, 0.05) is 29.6 Å². The van der Waals surface area contributed by atoms with Crippen LogP contribution in [0, 0.1) is 0 Å². The van der Waals surface area contributed by atoms with Crippen molar-refractivity contribution in [3.8, 4) is 0 Å². The van der Waals surface area contributed by atoms with Crippen molar-refractivity contribution in [1.29, 1.82) is 0 Å². The average Bonchev–Trinajstić information content (AvgIpc) is 2.16. The van der Waals surface area contributed by atoms with Gasteiger partial charge in [0.05, 0.1) is 5.52 Å². The highest BCUT2D eigenvalue weighted by Crippen LogP contribution is 2.28. The molecule has 0 aliphatic rings. The molecule has 0 fully saturated rings. The predicted octanol–water partition coefficient (Wildman–Crippen LogP) is 3.83. The molecule has 1 aromatic carbocycles. The zero-order valence-corrected chi connectivity index (χ0v) is 11.6. The summed E-state index contributed by atoms with van der Waals surface area (Å²) in [6.07, 6.45) is 0. The summed E-state index contributed by atoms with van der Waals surface area (Å²) in [5.41, 5.74) is 2.14. The third kappa shape index (κ3) is 2.16. The molecular formula is C11H10Br2N2. The molecule has 0 bridgehead atoms. The second-order valence-electron chi connectivity index (χ2n) is 3.52. The zero-order valence-electron chi connectivity index (χ0n) is 8.46. The minimum absolute atomic E-state index is 0.845. The van der Waals surface area contributed by atoms with Crippen molar-refractivity contribution < 1.29 is 0 Å². The van der Waals surface area contributed by atoms with E-state index in [-0.39, 0.29) is 0 Å². The fraction of sp³-hybridized carbons (Fsp3) is 0.182. The van der Waals surface area contributed by atoms with Crippen LogP contribution in [0.1, 0.15) is 0 Å². The minimum atomic E-state index is 0.845. The third-order valence-corrected chi connectivity index (χ3v) is 3.29. The van der Waals surface area contributed by atoms with Gasteiger partial charge < -0.3 is 4.90 Å². The van der Waals surface area contributed by atoms with Gasteiger partial charge in [-0.05, 0) is 56.1 Å². The highest BCUT2D eigenvalue weighted by molar-refractivity contribution is 9.11. The van der Waals surface area contributed by atoms with Crippen molar-refractivity contribution in [3.63, 3.8) is 0 Å². The summed E-state index contributed by atoms with van der Waals surface area (Å²) in [7, 11) is 4.04. The van der Waals surface area contributed by atoms with Gasteiger partial charge in [0.25, 0.3) is 0 Å². The van der Waals surface area contributed by atoms with Gasteiger partial charge >= 0.3 is 0 Å². The van der Waals surface area contributed by atoms with Gasteiger partial charge in [-0.1, -0.05) is 0 Å². The maximum Gasteiger partial charge on any atom is 0.107 e. The fourth-order valence-corrected chi connectivity index (χ4v) is 2.70. The number of anilines is 1. The van der Waals surface area contributed by atoms with Crippen LogP contribution in [0.5, 0.6) is 0 Å². The Labute approximate surface area is 106 Å². The van der Waals surface area contributed by atoms with E-state index in [9.17, 15) is 0 Å². The lowest BCUT2D eigenvalue weighted by Crippen LogP contribution is -2.08. The lowest BCUT2D eigenvalue weighted by Gasteiger charge is -2.13. The van der Waals surface area contributed by atoms with Crippen LogP contribution in [-0.2, 0) is 0 Å². The number of fused-ring (bicyclic) bond motifs is 1. The van der Waals surface area contributed by atoms with Crippen LogP contribution in [0.4, 0.5) is 5.69 Å². The Kier molecular flexibility index (Phi) is 2.98. The molecule has 0 aliphatic heterocycles. The number of pyridine rings is 1. The molecule has 4 heteroatoms. The monoisotopic (exact) mass is 328 g/mol. The Morgan fingerprint density at radius 2 is 1.87 bits per heavy atom. The molecule has 15 heavy (non-hydrogen) atoms. The lowest BCUT2D eigenvalue weighted by molar-refractivity contribution is 1.13. The second kappa shape index (κ2) is 4.10. The standard InChI is InChI=1S/C11H10Br2N2/c1-15(2)7-3-4-8-9(12)6-11(13)14-10(8)5-7/h3-6H,1-2H3. The van der Waals surface area contributed by atoms with Crippen LogP contribution in [0.3, 0.4) is 0 Å². The Balaban J connectivity index is 2.71. The summed E-state index contributed by atoms with van der Waals surface area (Å²) in [5.74, 6) is 0. The van der Waals surface area contributed by atoms with E-state index in [2.05, 4.69) is 59.9 Å². The van der Waals surface area contributed by atoms with Gasteiger partial charge in [-0.25, -0.2) is 4.98 Å². The first-order valence-electron chi connectivity index (χ1n) is 4.51. The van der Waals surface area contributed by atoms with Crippen LogP contribution in [-0.4, -0.2) is 19.1 Å². The van der Waals surface area contributed by atoms with Gasteiger partial charge in [-0.2, -0.15) is 0 Å². The number of rotatable bonds is 1. The number of hydrogen-bond donors (Lipinski definition) is 0. The summed E-state index contributed by atoms with van der Waals surface area (Å²) in [5, 5.41) is 1.13. The molecule has 2 rings (SSSR count). The van der Waals surface area contributed by atoms with E-state index < -0.39 is 0 Å². The Bertz CT molecular complexity index is 509. The highest BCUT2D eigenvalue weighted by Gasteiger charge is 2.04. The first-order valence-corrected chi connectivity index (χ1v) is 6.09. The third-order valence-electron chi connectivity index (χ3n) is 2.23. The van der Waals surface area contributed by atoms with E-state index in [0.717, 1.165) is 25.7 Å². The molecule has 0 amide bonds. The van der Waals surface area contributed by atoms with Crippen molar-refractivity contribution >= 4 is 48.5 Å². The summed E-state index contributed by atoms with van der Waals surface area (Å²) < 4.78 is 1.91. The normalized spacial score (nSPS) is 10.7. The summed E-state index contributed by atoms with van der Waals surface area (Å²) >= 11 is 6.92. The molecule has 1 aromatic heterocycles. The van der Waals surface area contributed by atoms with E-state index in [4.69, 9.17) is 0 Å². The first-order chi connectivity index (χ1) is 7.08. The lowest BCUT2D eigenvalue weighted by atomic mass is 10.2. The van der Waals surface area contributed by atoms with Gasteiger partial charge in [0.2, 0.25) is 0 Å². The minimum Gasteiger partial charge on any atom is -0.378 e. The molecule has 0 radical (unpaired) electrons. The summed E-state index contributed by atoms with van der Waals surface area (Å²) in [6, 6.07) is 8.19. The van der Waals surface area contributed by atoms with E-state index in [0.29, 0.717) is 0 Å². The molecule has 0 saturated carbocycles. The number of aromatic nitrogens is 1. The van der Waals surface area contributed by atoms with Crippen LogP contribution < -0.4 is 4.90 Å². The quantitative estimate of drug-likeness (QED) is 0.739. The molecule has 78 valence electrons. The van der Waals surface area contributed by atoms with Gasteiger partial charge in [-0.3, -0.25) is 0 Å². The topological polar surface area (TPSA) is 16.1 Å². The van der Waals surface area contributed by atoms with Gasteiger partial charge in [0.15, 0.2) is 0 Å². The molecule has 2 nitrogen and oxygen atoms in total. The van der Waals surface area contributed by atoms with E-state index in [1.165, 1.54) is 0 Å². The van der Waals surface area contributed by atoms with Crippen molar-refractivity contribution in [2.24, 2.45) is 0 Å². The Morgan fingerprint density at radius 1 is 1.13 bits per heavy atom. The Hall–Kier alpha value is -0.610. The number of nitrogens with zero attached hydrogens (tertiary/aromatic N) is 2. The van der Waals surface area contributed by atoms with Crippen molar-refractivity contribution in [2.75, 3.05) is 19.0 Å². The molecule has 0 saturated heterocycles. The van der Waals surface area contributed by atoms with Crippen LogP contribution in [0.25, 0.3) is 10.9 Å². The molecular weight excluding hydrogens is 320 g/mol. The molecule has 2 aromatic rings. The highest BCUT2D eigenvalue weighted by atomic mass is 79.9. The number of hydrogen-bond acceptors (Lipinski definition) is 2. The Morgan fingerprint density at radius 3 is 2.53 bits per heavy atom. The van der Waals surface area contributed by atoms with Crippen molar-refractivity contribution in [1.82, 2.24) is 4.98 Å². The van der Waals surface area contributed by atoms with E-state index >= 15 is 0 Å². The predicted molar refractivity (Wildman–Crippen MR) is 71.5 cm³/mol. The van der Waals surface area contributed by atoms with Gasteiger partial charge in [0.1, 0.15) is 4.60 Å². The molecule has 0 unspecified atom stereocenters. The van der Waals surface area contributed by atoms with Crippen LogP contribution in [0.2, 0.25) is 0 Å². The van der Waals surface area contributed by atoms with E-state index in [1.807, 2.05) is 20.2 Å². The van der Waals surface area contributed by atoms with Crippen molar-refractivity contribution in [3.05, 3.63) is 33.3 Å². The van der Waals surface area contributed by atoms with Gasteiger partial charge in [-0.15, -0.1) is 0 Å². The van der Waals surface area contributed by atoms with Crippen molar-refractivity contribution in [2.45, 2.75) is 0 Å². The smallest absolute Gasteiger partial charge is 0.107 e.